The van der Waals surface area contributed by atoms with Gasteiger partial charge in [0.05, 0.1) is 6.20 Å². The summed E-state index contributed by atoms with van der Waals surface area (Å²) in [7, 11) is 1.88. The van der Waals surface area contributed by atoms with Gasteiger partial charge in [-0.3, -0.25) is 4.68 Å². The van der Waals surface area contributed by atoms with Gasteiger partial charge in [-0.05, 0) is 41.7 Å². The molecule has 3 rings (SSSR count). The Labute approximate surface area is 141 Å². The molecule has 0 fully saturated rings. The van der Waals surface area contributed by atoms with Crippen LogP contribution in [0, 0.1) is 0 Å². The maximum atomic E-state index is 12.2. The van der Waals surface area contributed by atoms with Gasteiger partial charge in [0, 0.05) is 32.9 Å². The van der Waals surface area contributed by atoms with Crippen molar-refractivity contribution in [1.82, 2.24) is 20.0 Å². The Morgan fingerprint density at radius 2 is 2.12 bits per heavy atom. The third-order valence-electron chi connectivity index (χ3n) is 4.18. The van der Waals surface area contributed by atoms with E-state index in [2.05, 4.69) is 16.5 Å². The second-order valence-electron chi connectivity index (χ2n) is 5.98. The summed E-state index contributed by atoms with van der Waals surface area (Å²) in [6, 6.07) is 7.16. The summed E-state index contributed by atoms with van der Waals surface area (Å²) in [4.78, 5) is 14.0. The van der Waals surface area contributed by atoms with Gasteiger partial charge in [-0.15, -0.1) is 0 Å². The summed E-state index contributed by atoms with van der Waals surface area (Å²) in [6.07, 6.45) is 7.46. The standard InChI is InChI=1S/C18H22N4O2/c1-21-13-14(12-20-21)6-9-19-18(24)22-10-7-16(8-11-22)15-2-4-17(23)5-3-15/h2-5,7,12-13,23H,6,8-11H2,1H3,(H,19,24). The van der Waals surface area contributed by atoms with E-state index in [0.717, 1.165) is 24.0 Å². The van der Waals surface area contributed by atoms with Crippen molar-refractivity contribution in [2.45, 2.75) is 12.8 Å². The van der Waals surface area contributed by atoms with E-state index in [4.69, 9.17) is 0 Å². The van der Waals surface area contributed by atoms with Crippen LogP contribution in [0.3, 0.4) is 0 Å². The van der Waals surface area contributed by atoms with Crippen LogP contribution in [0.5, 0.6) is 5.75 Å². The van der Waals surface area contributed by atoms with Crippen molar-refractivity contribution >= 4 is 11.6 Å². The van der Waals surface area contributed by atoms with Gasteiger partial charge in [0.15, 0.2) is 0 Å². The molecule has 1 aromatic carbocycles. The van der Waals surface area contributed by atoms with Crippen LogP contribution in [0.15, 0.2) is 42.7 Å². The number of nitrogens with one attached hydrogen (secondary N) is 1. The van der Waals surface area contributed by atoms with Crippen molar-refractivity contribution in [1.29, 1.82) is 0 Å². The van der Waals surface area contributed by atoms with E-state index in [9.17, 15) is 9.90 Å². The number of carbonyl (C=O) groups excluding carboxylic acids is 1. The number of hydrogen-bond acceptors (Lipinski definition) is 3. The van der Waals surface area contributed by atoms with Crippen molar-refractivity contribution in [2.24, 2.45) is 7.05 Å². The Kier molecular flexibility index (Phi) is 4.84. The number of nitrogens with zero attached hydrogens (tertiary/aromatic N) is 3. The Hall–Kier alpha value is -2.76. The topological polar surface area (TPSA) is 70.4 Å². The molecule has 126 valence electrons. The monoisotopic (exact) mass is 326 g/mol. The van der Waals surface area contributed by atoms with E-state index in [1.54, 1.807) is 16.8 Å². The molecule has 0 saturated heterocycles. The highest BCUT2D eigenvalue weighted by atomic mass is 16.3. The zero-order chi connectivity index (χ0) is 16.9. The van der Waals surface area contributed by atoms with Crippen molar-refractivity contribution in [2.75, 3.05) is 19.6 Å². The number of urea groups is 1. The lowest BCUT2D eigenvalue weighted by Crippen LogP contribution is -2.42. The van der Waals surface area contributed by atoms with Gasteiger partial charge in [0.25, 0.3) is 0 Å². The van der Waals surface area contributed by atoms with Crippen LogP contribution in [0.1, 0.15) is 17.5 Å². The van der Waals surface area contributed by atoms with Crippen LogP contribution < -0.4 is 5.32 Å². The summed E-state index contributed by atoms with van der Waals surface area (Å²) in [6.45, 7) is 1.91. The van der Waals surface area contributed by atoms with E-state index in [1.165, 1.54) is 5.57 Å². The molecule has 0 aliphatic carbocycles. The summed E-state index contributed by atoms with van der Waals surface area (Å²) in [5, 5.41) is 16.4. The molecular formula is C18H22N4O2. The SMILES string of the molecule is Cn1cc(CCNC(=O)N2CC=C(c3ccc(O)cc3)CC2)cn1. The third kappa shape index (κ3) is 3.95. The molecule has 2 N–H and O–H groups in total. The van der Waals surface area contributed by atoms with Crippen LogP contribution in [0.4, 0.5) is 4.79 Å². The number of benzene rings is 1. The Balaban J connectivity index is 1.48. The fraction of sp³-hybridized carbons (Fsp3) is 0.333. The van der Waals surface area contributed by atoms with E-state index in [-0.39, 0.29) is 11.8 Å². The predicted molar refractivity (Wildman–Crippen MR) is 92.6 cm³/mol. The number of carbonyl (C=O) groups is 1. The number of phenolic OH excluding ortho intramolecular Hbond substituents is 1. The number of rotatable bonds is 4. The minimum Gasteiger partial charge on any atom is -0.508 e. The molecule has 2 aromatic rings. The first-order valence-corrected chi connectivity index (χ1v) is 8.10. The average molecular weight is 326 g/mol. The van der Waals surface area contributed by atoms with Gasteiger partial charge in [0.1, 0.15) is 5.75 Å². The molecule has 2 amide bonds. The van der Waals surface area contributed by atoms with Gasteiger partial charge in [-0.25, -0.2) is 4.79 Å². The minimum atomic E-state index is -0.0279. The van der Waals surface area contributed by atoms with Crippen LogP contribution >= 0.6 is 0 Å². The van der Waals surface area contributed by atoms with E-state index < -0.39 is 0 Å². The zero-order valence-corrected chi connectivity index (χ0v) is 13.8. The van der Waals surface area contributed by atoms with E-state index in [1.807, 2.05) is 36.5 Å². The second kappa shape index (κ2) is 7.21. The number of aromatic nitrogens is 2. The molecule has 0 spiro atoms. The maximum absolute atomic E-state index is 12.2. The Bertz CT molecular complexity index is 734. The molecule has 0 saturated carbocycles. The summed E-state index contributed by atoms with van der Waals surface area (Å²) in [5.41, 5.74) is 3.44. The molecule has 1 aromatic heterocycles. The summed E-state index contributed by atoms with van der Waals surface area (Å²) in [5.74, 6) is 0.268. The second-order valence-corrected chi connectivity index (χ2v) is 5.98. The van der Waals surface area contributed by atoms with Crippen LogP contribution in [-0.2, 0) is 13.5 Å². The molecule has 1 aliphatic heterocycles. The molecule has 6 nitrogen and oxygen atoms in total. The number of amides is 2. The number of phenols is 1. The number of hydrogen-bond donors (Lipinski definition) is 2. The Morgan fingerprint density at radius 1 is 1.33 bits per heavy atom. The predicted octanol–water partition coefficient (Wildman–Crippen LogP) is 2.17. The molecule has 1 aliphatic rings. The molecular weight excluding hydrogens is 304 g/mol. The first kappa shape index (κ1) is 16.1. The first-order chi connectivity index (χ1) is 11.6. The number of aromatic hydroxyl groups is 1. The third-order valence-corrected chi connectivity index (χ3v) is 4.18. The lowest BCUT2D eigenvalue weighted by molar-refractivity contribution is 0.203. The fourth-order valence-corrected chi connectivity index (χ4v) is 2.82. The minimum absolute atomic E-state index is 0.0279. The molecule has 0 bridgehead atoms. The van der Waals surface area contributed by atoms with Crippen LogP contribution in [0.2, 0.25) is 0 Å². The van der Waals surface area contributed by atoms with E-state index >= 15 is 0 Å². The first-order valence-electron chi connectivity index (χ1n) is 8.10. The highest BCUT2D eigenvalue weighted by Gasteiger charge is 2.17. The molecule has 0 radical (unpaired) electrons. The highest BCUT2D eigenvalue weighted by molar-refractivity contribution is 5.76. The van der Waals surface area contributed by atoms with Crippen molar-refractivity contribution < 1.29 is 9.90 Å². The van der Waals surface area contributed by atoms with Gasteiger partial charge < -0.3 is 15.3 Å². The van der Waals surface area contributed by atoms with Crippen LogP contribution in [0.25, 0.3) is 5.57 Å². The Morgan fingerprint density at radius 3 is 2.75 bits per heavy atom. The summed E-state index contributed by atoms with van der Waals surface area (Å²) < 4.78 is 1.76. The smallest absolute Gasteiger partial charge is 0.317 e. The lowest BCUT2D eigenvalue weighted by Gasteiger charge is -2.27. The normalized spacial score (nSPS) is 14.4. The maximum Gasteiger partial charge on any atom is 0.317 e. The molecule has 0 atom stereocenters. The average Bonchev–Trinajstić information content (AvgIpc) is 3.01. The van der Waals surface area contributed by atoms with Gasteiger partial charge in [-0.1, -0.05) is 18.2 Å². The van der Waals surface area contributed by atoms with E-state index in [0.29, 0.717) is 19.6 Å². The zero-order valence-electron chi connectivity index (χ0n) is 13.8. The highest BCUT2D eigenvalue weighted by Crippen LogP contribution is 2.23. The van der Waals surface area contributed by atoms with Crippen LogP contribution in [-0.4, -0.2) is 45.5 Å². The fourth-order valence-electron chi connectivity index (χ4n) is 2.82. The summed E-state index contributed by atoms with van der Waals surface area (Å²) >= 11 is 0. The molecule has 2 heterocycles. The van der Waals surface area contributed by atoms with Gasteiger partial charge in [0.2, 0.25) is 0 Å². The largest absolute Gasteiger partial charge is 0.508 e. The molecule has 6 heteroatoms. The van der Waals surface area contributed by atoms with Crippen molar-refractivity contribution in [3.8, 4) is 5.75 Å². The lowest BCUT2D eigenvalue weighted by atomic mass is 9.99. The van der Waals surface area contributed by atoms with Crippen molar-refractivity contribution in [3.63, 3.8) is 0 Å². The van der Waals surface area contributed by atoms with Gasteiger partial charge in [-0.2, -0.15) is 5.10 Å². The molecule has 24 heavy (non-hydrogen) atoms. The quantitative estimate of drug-likeness (QED) is 0.904. The van der Waals surface area contributed by atoms with Gasteiger partial charge >= 0.3 is 6.03 Å². The molecule has 0 unspecified atom stereocenters. The number of aryl methyl sites for hydroxylation is 1. The van der Waals surface area contributed by atoms with Crippen molar-refractivity contribution in [3.05, 3.63) is 53.9 Å².